The zero-order valence-electron chi connectivity index (χ0n) is 14.1. The Morgan fingerprint density at radius 3 is 2.85 bits per heavy atom. The smallest absolute Gasteiger partial charge is 0.340 e. The van der Waals surface area contributed by atoms with Crippen molar-refractivity contribution in [1.82, 2.24) is 14.9 Å². The highest BCUT2D eigenvalue weighted by Crippen LogP contribution is 2.28. The van der Waals surface area contributed by atoms with Crippen molar-refractivity contribution in [3.63, 3.8) is 0 Å². The van der Waals surface area contributed by atoms with Crippen LogP contribution in [-0.4, -0.2) is 46.9 Å². The Labute approximate surface area is 154 Å². The molecule has 0 spiro atoms. The lowest BCUT2D eigenvalue weighted by molar-refractivity contribution is -0.0339. The zero-order valence-corrected chi connectivity index (χ0v) is 14.9. The third-order valence-corrected chi connectivity index (χ3v) is 5.81. The number of aromatic nitrogens is 2. The molecule has 2 bridgehead atoms. The summed E-state index contributed by atoms with van der Waals surface area (Å²) in [4.78, 5) is 17.3. The number of para-hydroxylation sites is 1. The van der Waals surface area contributed by atoms with E-state index >= 15 is 0 Å². The first-order chi connectivity index (χ1) is 12.8. The van der Waals surface area contributed by atoms with Gasteiger partial charge in [-0.1, -0.05) is 18.2 Å². The number of hydrogen-bond acceptors (Lipinski definition) is 6. The number of thiazole rings is 1. The van der Waals surface area contributed by atoms with Crippen molar-refractivity contribution < 1.29 is 14.3 Å². The van der Waals surface area contributed by atoms with Gasteiger partial charge >= 0.3 is 5.97 Å². The topological polar surface area (TPSA) is 65.4 Å². The average Bonchev–Trinajstić information content (AvgIpc) is 3.29. The summed E-state index contributed by atoms with van der Waals surface area (Å²) in [5.74, 6) is -0.262. The molecule has 2 aliphatic rings. The number of carbonyl (C=O) groups is 1. The lowest BCUT2D eigenvalue weighted by Gasteiger charge is -2.39. The fraction of sp³-hybridized carbons (Fsp3) is 0.368. The maximum absolute atomic E-state index is 12.9. The fourth-order valence-electron chi connectivity index (χ4n) is 3.93. The van der Waals surface area contributed by atoms with Crippen LogP contribution in [0.25, 0.3) is 16.0 Å². The number of hydrogen-bond donors (Lipinski definition) is 1. The lowest BCUT2D eigenvalue weighted by atomic mass is 9.94. The van der Waals surface area contributed by atoms with Gasteiger partial charge in [0.05, 0.1) is 24.3 Å². The van der Waals surface area contributed by atoms with Gasteiger partial charge in [-0.25, -0.2) is 9.78 Å². The summed E-state index contributed by atoms with van der Waals surface area (Å²) in [6.45, 7) is 1.38. The molecule has 1 unspecified atom stereocenters. The molecule has 26 heavy (non-hydrogen) atoms. The third kappa shape index (κ3) is 2.82. The largest absolute Gasteiger partial charge is 0.459 e. The molecule has 2 fully saturated rings. The summed E-state index contributed by atoms with van der Waals surface area (Å²) in [6, 6.07) is 8.42. The first-order valence-electron chi connectivity index (χ1n) is 8.82. The molecule has 1 aromatic carbocycles. The van der Waals surface area contributed by atoms with E-state index in [9.17, 15) is 4.79 Å². The quantitative estimate of drug-likeness (QED) is 0.719. The van der Waals surface area contributed by atoms with E-state index in [2.05, 4.69) is 10.3 Å². The molecule has 134 valence electrons. The SMILES string of the molecule is O=C(OC1C[C@H]2COC[C@@H](C1)N2)c1cn(-c2nccs2)c2ccccc12. The van der Waals surface area contributed by atoms with E-state index in [-0.39, 0.29) is 24.2 Å². The highest BCUT2D eigenvalue weighted by atomic mass is 32.1. The molecule has 6 nitrogen and oxygen atoms in total. The molecule has 2 saturated heterocycles. The number of ether oxygens (including phenoxy) is 2. The molecule has 1 N–H and O–H groups in total. The minimum atomic E-state index is -0.262. The first-order valence-corrected chi connectivity index (χ1v) is 9.70. The Hall–Kier alpha value is -2.22. The van der Waals surface area contributed by atoms with Crippen molar-refractivity contribution >= 4 is 28.2 Å². The summed E-state index contributed by atoms with van der Waals surface area (Å²) in [7, 11) is 0. The summed E-state index contributed by atoms with van der Waals surface area (Å²) in [5, 5.41) is 7.18. The van der Waals surface area contributed by atoms with Crippen LogP contribution < -0.4 is 5.32 Å². The zero-order chi connectivity index (χ0) is 17.5. The number of rotatable bonds is 3. The number of fused-ring (bicyclic) bond motifs is 3. The van der Waals surface area contributed by atoms with Crippen LogP contribution in [0, 0.1) is 0 Å². The van der Waals surface area contributed by atoms with Crippen LogP contribution in [-0.2, 0) is 9.47 Å². The lowest BCUT2D eigenvalue weighted by Crippen LogP contribution is -2.56. The van der Waals surface area contributed by atoms with Crippen molar-refractivity contribution in [2.75, 3.05) is 13.2 Å². The number of piperidine rings is 1. The summed E-state index contributed by atoms with van der Waals surface area (Å²) in [6.07, 6.45) is 5.14. The van der Waals surface area contributed by atoms with E-state index in [1.54, 1.807) is 17.5 Å². The molecule has 5 rings (SSSR count). The van der Waals surface area contributed by atoms with Crippen molar-refractivity contribution in [2.24, 2.45) is 0 Å². The van der Waals surface area contributed by atoms with Crippen LogP contribution in [0.4, 0.5) is 0 Å². The molecule has 0 radical (unpaired) electrons. The highest BCUT2D eigenvalue weighted by molar-refractivity contribution is 7.12. The van der Waals surface area contributed by atoms with E-state index in [0.717, 1.165) is 28.9 Å². The minimum Gasteiger partial charge on any atom is -0.459 e. The van der Waals surface area contributed by atoms with Gasteiger partial charge < -0.3 is 14.8 Å². The molecule has 4 heterocycles. The van der Waals surface area contributed by atoms with Crippen molar-refractivity contribution in [1.29, 1.82) is 0 Å². The molecule has 2 aromatic heterocycles. The summed E-state index contributed by atoms with van der Waals surface area (Å²) >= 11 is 1.54. The number of nitrogens with zero attached hydrogens (tertiary/aromatic N) is 2. The second kappa shape index (κ2) is 6.50. The van der Waals surface area contributed by atoms with E-state index in [1.807, 2.05) is 40.4 Å². The minimum absolute atomic E-state index is 0.0652. The summed E-state index contributed by atoms with van der Waals surface area (Å²) in [5.41, 5.74) is 1.56. The van der Waals surface area contributed by atoms with Gasteiger partial charge in [0.1, 0.15) is 6.10 Å². The third-order valence-electron chi connectivity index (χ3n) is 5.04. The molecule has 2 aliphatic heterocycles. The Kier molecular flexibility index (Phi) is 4.00. The normalized spacial score (nSPS) is 25.3. The van der Waals surface area contributed by atoms with Gasteiger partial charge in [-0.15, -0.1) is 11.3 Å². The second-order valence-corrected chi connectivity index (χ2v) is 7.71. The van der Waals surface area contributed by atoms with Crippen LogP contribution in [0.3, 0.4) is 0 Å². The highest BCUT2D eigenvalue weighted by Gasteiger charge is 2.34. The molecule has 7 heteroatoms. The Bertz CT molecular complexity index is 925. The van der Waals surface area contributed by atoms with Crippen molar-refractivity contribution in [2.45, 2.75) is 31.0 Å². The van der Waals surface area contributed by atoms with Gasteiger partial charge in [0.15, 0.2) is 5.13 Å². The van der Waals surface area contributed by atoms with Crippen molar-refractivity contribution in [3.8, 4) is 5.13 Å². The molecule has 3 atom stereocenters. The van der Waals surface area contributed by atoms with E-state index in [4.69, 9.17) is 9.47 Å². The second-order valence-electron chi connectivity index (χ2n) is 6.84. The van der Waals surface area contributed by atoms with Gasteiger partial charge in [-0.2, -0.15) is 0 Å². The fourth-order valence-corrected chi connectivity index (χ4v) is 4.56. The average molecular weight is 369 g/mol. The standard InChI is InChI=1S/C19H19N3O3S/c23-18(25-14-7-12-10-24-11-13(8-14)21-12)16-9-22(19-20-5-6-26-19)17-4-2-1-3-15(16)17/h1-6,9,12-14,21H,7-8,10-11H2/t12-,13+,14?. The number of esters is 1. The first kappa shape index (κ1) is 16.0. The molecule has 0 saturated carbocycles. The number of nitrogens with one attached hydrogen (secondary N) is 1. The van der Waals surface area contributed by atoms with Crippen LogP contribution >= 0.6 is 11.3 Å². The van der Waals surface area contributed by atoms with Gasteiger partial charge in [0, 0.05) is 48.1 Å². The van der Waals surface area contributed by atoms with Crippen LogP contribution in [0.2, 0.25) is 0 Å². The number of carbonyl (C=O) groups excluding carboxylic acids is 1. The van der Waals surface area contributed by atoms with Gasteiger partial charge in [0.25, 0.3) is 0 Å². The predicted molar refractivity (Wildman–Crippen MR) is 98.9 cm³/mol. The molecule has 0 amide bonds. The van der Waals surface area contributed by atoms with Crippen molar-refractivity contribution in [3.05, 3.63) is 47.6 Å². The monoisotopic (exact) mass is 369 g/mol. The molecular weight excluding hydrogens is 350 g/mol. The Balaban J connectivity index is 1.44. The molecule has 0 aliphatic carbocycles. The maximum Gasteiger partial charge on any atom is 0.340 e. The van der Waals surface area contributed by atoms with E-state index in [1.165, 1.54) is 0 Å². The van der Waals surface area contributed by atoms with Gasteiger partial charge in [-0.05, 0) is 6.07 Å². The van der Waals surface area contributed by atoms with Crippen LogP contribution in [0.15, 0.2) is 42.0 Å². The van der Waals surface area contributed by atoms with Crippen LogP contribution in [0.5, 0.6) is 0 Å². The Morgan fingerprint density at radius 2 is 2.08 bits per heavy atom. The number of benzene rings is 1. The van der Waals surface area contributed by atoms with E-state index in [0.29, 0.717) is 18.8 Å². The van der Waals surface area contributed by atoms with Gasteiger partial charge in [0.2, 0.25) is 0 Å². The molecular formula is C19H19N3O3S. The van der Waals surface area contributed by atoms with Gasteiger partial charge in [-0.3, -0.25) is 4.57 Å². The Morgan fingerprint density at radius 1 is 1.27 bits per heavy atom. The van der Waals surface area contributed by atoms with Crippen LogP contribution in [0.1, 0.15) is 23.2 Å². The summed E-state index contributed by atoms with van der Waals surface area (Å²) < 4.78 is 13.4. The van der Waals surface area contributed by atoms with E-state index < -0.39 is 0 Å². The number of morpholine rings is 1. The molecule has 3 aromatic rings. The predicted octanol–water partition coefficient (Wildman–Crippen LogP) is 2.76. The maximum atomic E-state index is 12.9.